The Hall–Kier alpha value is -1.42. The monoisotopic (exact) mass is 222 g/mol. The summed E-state index contributed by atoms with van der Waals surface area (Å²) < 4.78 is 0. The molecular weight excluding hydrogens is 200 g/mol. The van der Waals surface area contributed by atoms with Crippen molar-refractivity contribution in [2.24, 2.45) is 0 Å². The molecule has 0 aromatic rings. The van der Waals surface area contributed by atoms with Crippen molar-refractivity contribution in [2.45, 2.75) is 51.4 Å². The van der Waals surface area contributed by atoms with Gasteiger partial charge in [0.2, 0.25) is 0 Å². The summed E-state index contributed by atoms with van der Waals surface area (Å²) in [4.78, 5) is 0. The molecule has 0 unspecified atom stereocenters. The van der Waals surface area contributed by atoms with Crippen LogP contribution < -0.4 is 10.6 Å². The van der Waals surface area contributed by atoms with Crippen LogP contribution in [0.1, 0.15) is 51.4 Å². The van der Waals surface area contributed by atoms with Crippen LogP contribution in [0.25, 0.3) is 0 Å². The third kappa shape index (κ3) is 12.6. The van der Waals surface area contributed by atoms with Crippen molar-refractivity contribution in [1.29, 1.82) is 10.5 Å². The van der Waals surface area contributed by atoms with Gasteiger partial charge in [0.05, 0.1) is 0 Å². The van der Waals surface area contributed by atoms with Crippen LogP contribution >= 0.6 is 0 Å². The molecular formula is C12H22N4. The molecule has 90 valence electrons. The predicted octanol–water partition coefficient (Wildman–Crippen LogP) is 2.25. The molecule has 0 aliphatic carbocycles. The van der Waals surface area contributed by atoms with Gasteiger partial charge in [-0.15, -0.1) is 0 Å². The zero-order chi connectivity index (χ0) is 11.9. The largest absolute Gasteiger partial charge is 0.324 e. The van der Waals surface area contributed by atoms with E-state index in [-0.39, 0.29) is 0 Å². The molecule has 0 amide bonds. The second-order valence-corrected chi connectivity index (χ2v) is 3.91. The molecule has 4 nitrogen and oxygen atoms in total. The lowest BCUT2D eigenvalue weighted by molar-refractivity contribution is 0.561. The summed E-state index contributed by atoms with van der Waals surface area (Å²) in [5.74, 6) is 0. The first-order valence-corrected chi connectivity index (χ1v) is 6.15. The zero-order valence-electron chi connectivity index (χ0n) is 9.97. The highest BCUT2D eigenvalue weighted by atomic mass is 14.8. The van der Waals surface area contributed by atoms with Crippen LogP contribution in [0.2, 0.25) is 0 Å². The maximum Gasteiger partial charge on any atom is 0.176 e. The minimum atomic E-state index is 0.816. The number of hydrogen-bond acceptors (Lipinski definition) is 4. The molecule has 0 bridgehead atoms. The van der Waals surface area contributed by atoms with Gasteiger partial charge in [-0.1, -0.05) is 38.5 Å². The summed E-state index contributed by atoms with van der Waals surface area (Å²) in [6.07, 6.45) is 13.6. The topological polar surface area (TPSA) is 71.6 Å². The molecule has 0 spiro atoms. The maximum absolute atomic E-state index is 8.24. The Bertz CT molecular complexity index is 190. The van der Waals surface area contributed by atoms with E-state index in [9.17, 15) is 0 Å². The van der Waals surface area contributed by atoms with Crippen LogP contribution in [0.15, 0.2) is 0 Å². The molecule has 16 heavy (non-hydrogen) atoms. The Kier molecular flexibility index (Phi) is 12.4. The van der Waals surface area contributed by atoms with Gasteiger partial charge in [-0.3, -0.25) is 0 Å². The molecule has 0 radical (unpaired) electrons. The van der Waals surface area contributed by atoms with Crippen LogP contribution in [0, 0.1) is 22.9 Å². The van der Waals surface area contributed by atoms with Gasteiger partial charge in [0, 0.05) is 13.1 Å². The van der Waals surface area contributed by atoms with Gasteiger partial charge in [-0.2, -0.15) is 10.5 Å². The summed E-state index contributed by atoms with van der Waals surface area (Å²) >= 11 is 0. The third-order valence-electron chi connectivity index (χ3n) is 2.51. The average Bonchev–Trinajstić information content (AvgIpc) is 2.31. The fourth-order valence-electron chi connectivity index (χ4n) is 1.60. The molecule has 0 aromatic heterocycles. The van der Waals surface area contributed by atoms with Crippen molar-refractivity contribution in [3.05, 3.63) is 0 Å². The highest BCUT2D eigenvalue weighted by Gasteiger charge is 1.92. The zero-order valence-corrected chi connectivity index (χ0v) is 9.97. The number of nitrogens with zero attached hydrogens (tertiary/aromatic N) is 2. The molecule has 0 aliphatic heterocycles. The minimum absolute atomic E-state index is 0.816. The van der Waals surface area contributed by atoms with Crippen LogP contribution in [-0.4, -0.2) is 13.1 Å². The first-order valence-electron chi connectivity index (χ1n) is 6.15. The number of nitrogens with one attached hydrogen (secondary N) is 2. The highest BCUT2D eigenvalue weighted by Crippen LogP contribution is 2.07. The van der Waals surface area contributed by atoms with E-state index in [0.717, 1.165) is 25.9 Å². The first-order chi connectivity index (χ1) is 7.91. The average molecular weight is 222 g/mol. The van der Waals surface area contributed by atoms with E-state index < -0.39 is 0 Å². The molecule has 0 fully saturated rings. The Morgan fingerprint density at radius 1 is 0.562 bits per heavy atom. The SMILES string of the molecule is N#CNCCCCCCCCCCNC#N. The van der Waals surface area contributed by atoms with Gasteiger partial charge < -0.3 is 10.6 Å². The van der Waals surface area contributed by atoms with Gasteiger partial charge in [-0.05, 0) is 12.8 Å². The van der Waals surface area contributed by atoms with Crippen LogP contribution in [0.3, 0.4) is 0 Å². The summed E-state index contributed by atoms with van der Waals surface area (Å²) in [5, 5.41) is 21.8. The van der Waals surface area contributed by atoms with Crippen LogP contribution in [0.5, 0.6) is 0 Å². The van der Waals surface area contributed by atoms with Crippen molar-refractivity contribution in [1.82, 2.24) is 10.6 Å². The standard InChI is InChI=1S/C12H22N4/c13-11-15-9-7-5-3-1-2-4-6-8-10-16-12-14/h15-16H,1-10H2. The van der Waals surface area contributed by atoms with Crippen molar-refractivity contribution in [3.8, 4) is 12.4 Å². The van der Waals surface area contributed by atoms with Gasteiger partial charge in [0.1, 0.15) is 0 Å². The summed E-state index contributed by atoms with van der Waals surface area (Å²) in [6.45, 7) is 1.63. The molecule has 4 heteroatoms. The fourth-order valence-corrected chi connectivity index (χ4v) is 1.60. The number of unbranched alkanes of at least 4 members (excludes halogenated alkanes) is 7. The third-order valence-corrected chi connectivity index (χ3v) is 2.51. The van der Waals surface area contributed by atoms with E-state index in [0.29, 0.717) is 0 Å². The van der Waals surface area contributed by atoms with Crippen LogP contribution in [0.4, 0.5) is 0 Å². The molecule has 0 aliphatic rings. The second-order valence-electron chi connectivity index (χ2n) is 3.91. The van der Waals surface area contributed by atoms with Crippen molar-refractivity contribution in [3.63, 3.8) is 0 Å². The molecule has 0 rings (SSSR count). The predicted molar refractivity (Wildman–Crippen MR) is 64.2 cm³/mol. The van der Waals surface area contributed by atoms with Crippen molar-refractivity contribution < 1.29 is 0 Å². The van der Waals surface area contributed by atoms with E-state index >= 15 is 0 Å². The van der Waals surface area contributed by atoms with Crippen molar-refractivity contribution >= 4 is 0 Å². The molecule has 2 N–H and O–H groups in total. The molecule has 0 saturated carbocycles. The number of rotatable bonds is 11. The quantitative estimate of drug-likeness (QED) is 0.319. The highest BCUT2D eigenvalue weighted by molar-refractivity contribution is 4.64. The number of hydrogen-bond donors (Lipinski definition) is 2. The Morgan fingerprint density at radius 2 is 0.875 bits per heavy atom. The molecule has 0 aromatic carbocycles. The number of nitriles is 2. The normalized spacial score (nSPS) is 9.12. The van der Waals surface area contributed by atoms with Gasteiger partial charge in [0.25, 0.3) is 0 Å². The molecule has 0 atom stereocenters. The minimum Gasteiger partial charge on any atom is -0.324 e. The van der Waals surface area contributed by atoms with E-state index in [1.807, 2.05) is 12.4 Å². The first kappa shape index (κ1) is 14.6. The molecule has 0 saturated heterocycles. The lowest BCUT2D eigenvalue weighted by atomic mass is 10.1. The van der Waals surface area contributed by atoms with E-state index in [1.165, 1.54) is 38.5 Å². The smallest absolute Gasteiger partial charge is 0.176 e. The van der Waals surface area contributed by atoms with E-state index in [1.54, 1.807) is 0 Å². The van der Waals surface area contributed by atoms with Crippen LogP contribution in [-0.2, 0) is 0 Å². The summed E-state index contributed by atoms with van der Waals surface area (Å²) in [7, 11) is 0. The van der Waals surface area contributed by atoms with Gasteiger partial charge in [-0.25, -0.2) is 0 Å². The summed E-state index contributed by atoms with van der Waals surface area (Å²) in [6, 6.07) is 0. The van der Waals surface area contributed by atoms with E-state index in [2.05, 4.69) is 10.6 Å². The van der Waals surface area contributed by atoms with Gasteiger partial charge >= 0.3 is 0 Å². The maximum atomic E-state index is 8.24. The Labute approximate surface area is 98.6 Å². The Morgan fingerprint density at radius 3 is 1.19 bits per heavy atom. The fraction of sp³-hybridized carbons (Fsp3) is 0.833. The lowest BCUT2D eigenvalue weighted by Crippen LogP contribution is -2.06. The van der Waals surface area contributed by atoms with Crippen molar-refractivity contribution in [2.75, 3.05) is 13.1 Å². The summed E-state index contributed by atoms with van der Waals surface area (Å²) in [5.41, 5.74) is 0. The second kappa shape index (κ2) is 13.6. The lowest BCUT2D eigenvalue weighted by Gasteiger charge is -2.01. The Balaban J connectivity index is 2.89. The van der Waals surface area contributed by atoms with E-state index in [4.69, 9.17) is 10.5 Å². The molecule has 0 heterocycles. The van der Waals surface area contributed by atoms with Gasteiger partial charge in [0.15, 0.2) is 12.4 Å².